The first kappa shape index (κ1) is 33.1. The second-order valence-corrected chi connectivity index (χ2v) is 11.8. The highest BCUT2D eigenvalue weighted by Crippen LogP contribution is 2.40. The van der Waals surface area contributed by atoms with Crippen LogP contribution in [0.3, 0.4) is 0 Å². The molecule has 0 aromatic carbocycles. The third-order valence-electron chi connectivity index (χ3n) is 9.17. The zero-order valence-corrected chi connectivity index (χ0v) is 27.9. The van der Waals surface area contributed by atoms with Gasteiger partial charge in [0.25, 0.3) is 0 Å². The molecule has 0 amide bonds. The summed E-state index contributed by atoms with van der Waals surface area (Å²) in [5.74, 6) is -1.96. The molecule has 3 N–H and O–H groups in total. The molecule has 47 heavy (non-hydrogen) atoms. The Kier molecular flexibility index (Phi) is 9.33. The van der Waals surface area contributed by atoms with E-state index in [2.05, 4.69) is 36.5 Å². The number of hydrogen-bond donors (Lipinski definition) is 3. The first-order valence-corrected chi connectivity index (χ1v) is 15.6. The number of aromatic amines is 2. The second kappa shape index (κ2) is 13.2. The van der Waals surface area contributed by atoms with Gasteiger partial charge in [-0.15, -0.1) is 0 Å². The minimum Gasteiger partial charge on any atom is -0.481 e. The lowest BCUT2D eigenvalue weighted by Gasteiger charge is -2.12. The van der Waals surface area contributed by atoms with E-state index in [-0.39, 0.29) is 31.3 Å². The molecule has 3 aromatic rings. The summed E-state index contributed by atoms with van der Waals surface area (Å²) in [5, 5.41) is 9.65. The van der Waals surface area contributed by atoms with E-state index >= 15 is 0 Å². The van der Waals surface area contributed by atoms with E-state index in [4.69, 9.17) is 19.4 Å². The van der Waals surface area contributed by atoms with Crippen LogP contribution in [0.15, 0.2) is 24.8 Å². The van der Waals surface area contributed by atoms with Gasteiger partial charge in [0.2, 0.25) is 0 Å². The van der Waals surface area contributed by atoms with Crippen LogP contribution in [-0.2, 0) is 36.7 Å². The number of nitrogens with one attached hydrogen (secondary N) is 2. The van der Waals surface area contributed by atoms with Crippen molar-refractivity contribution >= 4 is 68.3 Å². The molecular formula is C37H40N4O6. The molecule has 0 spiro atoms. The topological polar surface area (TPSA) is 147 Å². The van der Waals surface area contributed by atoms with Crippen molar-refractivity contribution in [1.82, 2.24) is 19.9 Å². The fourth-order valence-corrected chi connectivity index (χ4v) is 6.48. The van der Waals surface area contributed by atoms with Gasteiger partial charge in [-0.1, -0.05) is 19.6 Å². The number of aromatic nitrogens is 4. The number of rotatable bonds is 9. The fraction of sp³-hybridized carbons (Fsp3) is 0.324. The number of H-pyrrole nitrogens is 2. The number of ether oxygens (including phenoxy) is 2. The largest absolute Gasteiger partial charge is 0.481 e. The number of aryl methyl sites for hydroxylation is 3. The van der Waals surface area contributed by atoms with Gasteiger partial charge in [-0.05, 0) is 98.6 Å². The number of carboxylic acids is 1. The van der Waals surface area contributed by atoms with Gasteiger partial charge in [0.05, 0.1) is 42.6 Å². The van der Waals surface area contributed by atoms with Crippen molar-refractivity contribution in [3.05, 3.63) is 75.4 Å². The van der Waals surface area contributed by atoms with E-state index in [0.29, 0.717) is 39.5 Å². The smallest absolute Gasteiger partial charge is 0.340 e. The number of methoxy groups -OCH3 is 2. The van der Waals surface area contributed by atoms with Crippen LogP contribution in [0.4, 0.5) is 0 Å². The molecule has 3 aromatic heterocycles. The Morgan fingerprint density at radius 3 is 2.09 bits per heavy atom. The Hall–Kier alpha value is -5.25. The van der Waals surface area contributed by atoms with Crippen LogP contribution in [0.25, 0.3) is 50.4 Å². The third-order valence-corrected chi connectivity index (χ3v) is 9.17. The maximum atomic E-state index is 13.4. The molecule has 0 aliphatic carbocycles. The number of esters is 2. The molecule has 2 aliphatic rings. The molecule has 0 unspecified atom stereocenters. The summed E-state index contributed by atoms with van der Waals surface area (Å²) in [6.07, 6.45) is 2.80. The van der Waals surface area contributed by atoms with Crippen LogP contribution >= 0.6 is 0 Å². The Morgan fingerprint density at radius 2 is 1.45 bits per heavy atom. The summed E-state index contributed by atoms with van der Waals surface area (Å²) in [6, 6.07) is 5.96. The number of aliphatic carboxylic acids is 1. The SMILES string of the molecule is C=Cc1c(C)c2cc3nc(c(CCC(=O)OC)c4nc(cc5[nH]c(cc1[nH]2)c(C)c5CC)C(C)=C4C(=O)OC)C(CCC(=O)O)=C3C. The second-order valence-electron chi connectivity index (χ2n) is 11.8. The first-order chi connectivity index (χ1) is 22.4. The van der Waals surface area contributed by atoms with Crippen molar-refractivity contribution in [2.24, 2.45) is 0 Å². The monoisotopic (exact) mass is 636 g/mol. The van der Waals surface area contributed by atoms with Crippen molar-refractivity contribution in [3.8, 4) is 0 Å². The summed E-state index contributed by atoms with van der Waals surface area (Å²) in [5.41, 5.74) is 12.6. The first-order valence-electron chi connectivity index (χ1n) is 15.6. The van der Waals surface area contributed by atoms with Crippen LogP contribution in [0.1, 0.15) is 90.6 Å². The molecule has 0 fully saturated rings. The molecule has 8 bridgehead atoms. The third kappa shape index (κ3) is 6.03. The number of carboxylic acid groups (broad SMARTS) is 1. The summed E-state index contributed by atoms with van der Waals surface area (Å²) in [7, 11) is 2.64. The van der Waals surface area contributed by atoms with Crippen LogP contribution in [0, 0.1) is 13.8 Å². The minimum atomic E-state index is -0.950. The van der Waals surface area contributed by atoms with Crippen molar-refractivity contribution < 1.29 is 29.0 Å². The van der Waals surface area contributed by atoms with Gasteiger partial charge in [0.1, 0.15) is 0 Å². The molecule has 5 rings (SSSR count). The van der Waals surface area contributed by atoms with Gasteiger partial charge in [-0.2, -0.15) is 0 Å². The fourth-order valence-electron chi connectivity index (χ4n) is 6.48. The van der Waals surface area contributed by atoms with Crippen LogP contribution in [0.2, 0.25) is 0 Å². The van der Waals surface area contributed by atoms with Gasteiger partial charge >= 0.3 is 17.9 Å². The summed E-state index contributed by atoms with van der Waals surface area (Å²) in [6.45, 7) is 14.0. The van der Waals surface area contributed by atoms with Crippen molar-refractivity contribution in [2.45, 2.75) is 66.7 Å². The van der Waals surface area contributed by atoms with E-state index < -0.39 is 17.9 Å². The molecule has 2 aliphatic heterocycles. The molecule has 244 valence electrons. The number of nitrogens with zero attached hydrogens (tertiary/aromatic N) is 2. The summed E-state index contributed by atoms with van der Waals surface area (Å²) < 4.78 is 10.2. The lowest BCUT2D eigenvalue weighted by Crippen LogP contribution is -2.10. The van der Waals surface area contributed by atoms with E-state index in [1.54, 1.807) is 0 Å². The molecule has 10 heteroatoms. The predicted molar refractivity (Wildman–Crippen MR) is 184 cm³/mol. The van der Waals surface area contributed by atoms with Gasteiger partial charge in [-0.25, -0.2) is 14.8 Å². The maximum absolute atomic E-state index is 13.4. The average Bonchev–Trinajstić information content (AvgIpc) is 3.72. The number of carbonyl (C=O) groups excluding carboxylic acids is 2. The molecular weight excluding hydrogens is 596 g/mol. The number of allylic oxidation sites excluding steroid dienone is 3. The Morgan fingerprint density at radius 1 is 0.809 bits per heavy atom. The van der Waals surface area contributed by atoms with Crippen LogP contribution in [-0.4, -0.2) is 57.2 Å². The van der Waals surface area contributed by atoms with Crippen molar-refractivity contribution in [2.75, 3.05) is 14.2 Å². The Bertz CT molecular complexity index is 2080. The quantitative estimate of drug-likeness (QED) is 0.210. The highest BCUT2D eigenvalue weighted by molar-refractivity contribution is 6.25. The zero-order valence-electron chi connectivity index (χ0n) is 27.9. The number of hydrogen-bond acceptors (Lipinski definition) is 7. The highest BCUT2D eigenvalue weighted by atomic mass is 16.5. The molecule has 5 heterocycles. The summed E-state index contributed by atoms with van der Waals surface area (Å²) in [4.78, 5) is 54.9. The maximum Gasteiger partial charge on any atom is 0.340 e. The Labute approximate surface area is 273 Å². The van der Waals surface area contributed by atoms with Gasteiger partial charge in [0, 0.05) is 46.0 Å². The van der Waals surface area contributed by atoms with Gasteiger partial charge in [0.15, 0.2) is 0 Å². The van der Waals surface area contributed by atoms with E-state index in [0.717, 1.165) is 56.3 Å². The predicted octanol–water partition coefficient (Wildman–Crippen LogP) is 7.14. The van der Waals surface area contributed by atoms with E-state index in [9.17, 15) is 19.5 Å². The van der Waals surface area contributed by atoms with Gasteiger partial charge < -0.3 is 24.5 Å². The van der Waals surface area contributed by atoms with Crippen LogP contribution in [0.5, 0.6) is 0 Å². The molecule has 0 radical (unpaired) electrons. The normalized spacial score (nSPS) is 12.8. The standard InChI is InChI=1S/C37H40N4O6/c1-9-22-18(3)26-15-28-20(5)24(11-13-32(42)43)35(40-28)25(12-14-33(44)46-7)36-34(37(45)47-8)21(6)29(41-36)17-31-23(10-2)19(4)27(39-31)16-30(22)38-26/h9,15-17,38-39H,1,10-14H2,2-8H3,(H,42,43). The van der Waals surface area contributed by atoms with Crippen molar-refractivity contribution in [3.63, 3.8) is 0 Å². The molecule has 0 saturated carbocycles. The molecule has 10 nitrogen and oxygen atoms in total. The van der Waals surface area contributed by atoms with E-state index in [1.165, 1.54) is 14.2 Å². The van der Waals surface area contributed by atoms with E-state index in [1.807, 2.05) is 39.0 Å². The van der Waals surface area contributed by atoms with Gasteiger partial charge in [-0.3, -0.25) is 9.59 Å². The number of fused-ring (bicyclic) bond motifs is 8. The average molecular weight is 637 g/mol. The lowest BCUT2D eigenvalue weighted by atomic mass is 9.93. The number of carbonyl (C=O) groups is 3. The Balaban J connectivity index is 2.04. The van der Waals surface area contributed by atoms with Crippen LogP contribution < -0.4 is 0 Å². The van der Waals surface area contributed by atoms with Crippen molar-refractivity contribution in [1.29, 1.82) is 0 Å². The zero-order chi connectivity index (χ0) is 34.2. The summed E-state index contributed by atoms with van der Waals surface area (Å²) >= 11 is 0. The minimum absolute atomic E-state index is 0.00246. The lowest BCUT2D eigenvalue weighted by molar-refractivity contribution is -0.140. The molecule has 0 saturated heterocycles. The highest BCUT2D eigenvalue weighted by Gasteiger charge is 2.31. The molecule has 0 atom stereocenters.